The molecule has 0 aliphatic rings. The monoisotopic (exact) mass is 275 g/mol. The molecule has 1 N–H and O–H groups in total. The Hall–Kier alpha value is -1.07. The van der Waals surface area contributed by atoms with Crippen LogP contribution in [-0.2, 0) is 27.1 Å². The maximum atomic E-state index is 11.3. The first-order chi connectivity index (χ1) is 7.90. The van der Waals surface area contributed by atoms with E-state index < -0.39 is 21.5 Å². The van der Waals surface area contributed by atoms with Gasteiger partial charge in [0, 0.05) is 18.7 Å². The molecule has 0 aliphatic carbocycles. The van der Waals surface area contributed by atoms with E-state index in [0.29, 0.717) is 12.4 Å². The lowest BCUT2D eigenvalue weighted by Gasteiger charge is -2.05. The number of sulfone groups is 1. The molecule has 0 fully saturated rings. The first-order valence-electron chi connectivity index (χ1n) is 4.99. The van der Waals surface area contributed by atoms with Gasteiger partial charge in [-0.2, -0.15) is 0 Å². The Morgan fingerprint density at radius 2 is 2.00 bits per heavy atom. The number of amides is 1. The number of alkyl halides is 1. The standard InChI is InChI=1S/C11H14ClNO3S/c1-17(15,16)8-11(14)13-7-10-4-2-3-9(5-10)6-12/h2-5H,6-8H2,1H3,(H,13,14). The highest BCUT2D eigenvalue weighted by atomic mass is 35.5. The Morgan fingerprint density at radius 3 is 2.59 bits per heavy atom. The number of benzene rings is 1. The van der Waals surface area contributed by atoms with Crippen molar-refractivity contribution in [2.75, 3.05) is 12.0 Å². The smallest absolute Gasteiger partial charge is 0.235 e. The summed E-state index contributed by atoms with van der Waals surface area (Å²) in [7, 11) is -3.27. The third kappa shape index (κ3) is 5.70. The SMILES string of the molecule is CS(=O)(=O)CC(=O)NCc1cccc(CCl)c1. The minimum atomic E-state index is -3.27. The van der Waals surface area contributed by atoms with Crippen LogP contribution in [0.25, 0.3) is 0 Å². The van der Waals surface area contributed by atoms with Crippen LogP contribution in [0.1, 0.15) is 11.1 Å². The van der Waals surface area contributed by atoms with E-state index in [-0.39, 0.29) is 0 Å². The Bertz CT molecular complexity index is 499. The molecule has 0 bridgehead atoms. The van der Waals surface area contributed by atoms with Crippen molar-refractivity contribution in [2.24, 2.45) is 0 Å². The molecule has 1 rings (SSSR count). The predicted octanol–water partition coefficient (Wildman–Crippen LogP) is 1.09. The minimum Gasteiger partial charge on any atom is -0.351 e. The average molecular weight is 276 g/mol. The lowest BCUT2D eigenvalue weighted by Crippen LogP contribution is -2.29. The van der Waals surface area contributed by atoms with Gasteiger partial charge in [0.1, 0.15) is 5.75 Å². The van der Waals surface area contributed by atoms with Gasteiger partial charge >= 0.3 is 0 Å². The molecule has 94 valence electrons. The van der Waals surface area contributed by atoms with Crippen LogP contribution < -0.4 is 5.32 Å². The molecule has 0 aromatic heterocycles. The van der Waals surface area contributed by atoms with Gasteiger partial charge in [0.25, 0.3) is 0 Å². The van der Waals surface area contributed by atoms with Crippen molar-refractivity contribution in [1.82, 2.24) is 5.32 Å². The van der Waals surface area contributed by atoms with Gasteiger partial charge in [0.05, 0.1) is 0 Å². The van der Waals surface area contributed by atoms with E-state index in [1.54, 1.807) is 0 Å². The molecule has 0 atom stereocenters. The Morgan fingerprint density at radius 1 is 1.35 bits per heavy atom. The van der Waals surface area contributed by atoms with Crippen molar-refractivity contribution in [3.8, 4) is 0 Å². The van der Waals surface area contributed by atoms with Crippen molar-refractivity contribution in [3.05, 3.63) is 35.4 Å². The second kappa shape index (κ2) is 6.02. The van der Waals surface area contributed by atoms with Crippen LogP contribution in [0.5, 0.6) is 0 Å². The van der Waals surface area contributed by atoms with Gasteiger partial charge in [-0.25, -0.2) is 8.42 Å². The third-order valence-electron chi connectivity index (χ3n) is 2.03. The minimum absolute atomic E-state index is 0.305. The summed E-state index contributed by atoms with van der Waals surface area (Å²) in [5, 5.41) is 2.55. The summed E-state index contributed by atoms with van der Waals surface area (Å²) in [4.78, 5) is 11.3. The van der Waals surface area contributed by atoms with E-state index in [0.717, 1.165) is 17.4 Å². The molecular weight excluding hydrogens is 262 g/mol. The summed E-state index contributed by atoms with van der Waals surface area (Å²) < 4.78 is 21.8. The largest absolute Gasteiger partial charge is 0.351 e. The molecule has 4 nitrogen and oxygen atoms in total. The molecule has 1 aromatic carbocycles. The first-order valence-corrected chi connectivity index (χ1v) is 7.58. The normalized spacial score (nSPS) is 11.2. The van der Waals surface area contributed by atoms with E-state index in [1.165, 1.54) is 0 Å². The zero-order chi connectivity index (χ0) is 12.9. The summed E-state index contributed by atoms with van der Waals surface area (Å²) in [5.74, 6) is -0.573. The highest BCUT2D eigenvalue weighted by Gasteiger charge is 2.10. The maximum Gasteiger partial charge on any atom is 0.235 e. The average Bonchev–Trinajstić information content (AvgIpc) is 2.24. The molecule has 0 unspecified atom stereocenters. The van der Waals surface area contributed by atoms with Crippen LogP contribution in [0, 0.1) is 0 Å². The van der Waals surface area contributed by atoms with Crippen LogP contribution in [0.15, 0.2) is 24.3 Å². The summed E-state index contributed by atoms with van der Waals surface area (Å²) in [5.41, 5.74) is 1.85. The molecule has 0 radical (unpaired) electrons. The number of hydrogen-bond donors (Lipinski definition) is 1. The Labute approximate surface area is 106 Å². The molecule has 0 saturated carbocycles. The van der Waals surface area contributed by atoms with Crippen molar-refractivity contribution in [2.45, 2.75) is 12.4 Å². The number of hydrogen-bond acceptors (Lipinski definition) is 3. The molecule has 0 spiro atoms. The number of nitrogens with one attached hydrogen (secondary N) is 1. The predicted molar refractivity (Wildman–Crippen MR) is 67.6 cm³/mol. The quantitative estimate of drug-likeness (QED) is 0.818. The highest BCUT2D eigenvalue weighted by Crippen LogP contribution is 2.07. The summed E-state index contributed by atoms with van der Waals surface area (Å²) in [6, 6.07) is 7.44. The molecule has 1 amide bonds. The molecule has 17 heavy (non-hydrogen) atoms. The summed E-state index contributed by atoms with van der Waals surface area (Å²) >= 11 is 5.68. The van der Waals surface area contributed by atoms with Gasteiger partial charge in [-0.1, -0.05) is 24.3 Å². The number of carbonyl (C=O) groups excluding carboxylic acids is 1. The third-order valence-corrected chi connectivity index (χ3v) is 3.12. The van der Waals surface area contributed by atoms with E-state index >= 15 is 0 Å². The number of carbonyl (C=O) groups is 1. The van der Waals surface area contributed by atoms with Crippen LogP contribution in [0.2, 0.25) is 0 Å². The summed E-state index contributed by atoms with van der Waals surface area (Å²) in [6.07, 6.45) is 1.03. The molecule has 1 aromatic rings. The van der Waals surface area contributed by atoms with Gasteiger partial charge in [-0.15, -0.1) is 11.6 Å². The van der Waals surface area contributed by atoms with Gasteiger partial charge in [0.15, 0.2) is 9.84 Å². The van der Waals surface area contributed by atoms with E-state index in [1.807, 2.05) is 24.3 Å². The fraction of sp³-hybridized carbons (Fsp3) is 0.364. The van der Waals surface area contributed by atoms with Gasteiger partial charge in [-0.05, 0) is 11.1 Å². The Kier molecular flexibility index (Phi) is 4.96. The van der Waals surface area contributed by atoms with Gasteiger partial charge < -0.3 is 5.32 Å². The van der Waals surface area contributed by atoms with Crippen LogP contribution in [-0.4, -0.2) is 26.3 Å². The van der Waals surface area contributed by atoms with Crippen LogP contribution in [0.4, 0.5) is 0 Å². The van der Waals surface area contributed by atoms with E-state index in [9.17, 15) is 13.2 Å². The molecule has 0 heterocycles. The topological polar surface area (TPSA) is 63.2 Å². The molecular formula is C11H14ClNO3S. The van der Waals surface area contributed by atoms with Gasteiger partial charge in [-0.3, -0.25) is 4.79 Å². The summed E-state index contributed by atoms with van der Waals surface area (Å²) in [6.45, 7) is 0.305. The van der Waals surface area contributed by atoms with Crippen molar-refractivity contribution >= 4 is 27.3 Å². The molecule has 6 heteroatoms. The Balaban J connectivity index is 2.53. The number of halogens is 1. The lowest BCUT2D eigenvalue weighted by molar-refractivity contribution is -0.118. The molecule has 0 aliphatic heterocycles. The van der Waals surface area contributed by atoms with E-state index in [4.69, 9.17) is 11.6 Å². The fourth-order valence-corrected chi connectivity index (χ4v) is 2.06. The van der Waals surface area contributed by atoms with Crippen molar-refractivity contribution in [3.63, 3.8) is 0 Å². The van der Waals surface area contributed by atoms with Crippen molar-refractivity contribution in [1.29, 1.82) is 0 Å². The first kappa shape index (κ1) is 14.0. The fourth-order valence-electron chi connectivity index (χ4n) is 1.31. The van der Waals surface area contributed by atoms with Crippen LogP contribution >= 0.6 is 11.6 Å². The van der Waals surface area contributed by atoms with Gasteiger partial charge in [0.2, 0.25) is 5.91 Å². The zero-order valence-electron chi connectivity index (χ0n) is 9.44. The highest BCUT2D eigenvalue weighted by molar-refractivity contribution is 7.91. The maximum absolute atomic E-state index is 11.3. The lowest BCUT2D eigenvalue weighted by atomic mass is 10.1. The van der Waals surface area contributed by atoms with Crippen molar-refractivity contribution < 1.29 is 13.2 Å². The zero-order valence-corrected chi connectivity index (χ0v) is 11.0. The van der Waals surface area contributed by atoms with Crippen LogP contribution in [0.3, 0.4) is 0 Å². The molecule has 0 saturated heterocycles. The second-order valence-corrected chi connectivity index (χ2v) is 6.21. The van der Waals surface area contributed by atoms with E-state index in [2.05, 4.69) is 5.32 Å². The number of rotatable bonds is 5. The second-order valence-electron chi connectivity index (χ2n) is 3.80.